The highest BCUT2D eigenvalue weighted by Crippen LogP contribution is 2.11. The van der Waals surface area contributed by atoms with E-state index in [-0.39, 0.29) is 18.9 Å². The van der Waals surface area contributed by atoms with Gasteiger partial charge in [-0.25, -0.2) is 17.5 Å². The third-order valence-electron chi connectivity index (χ3n) is 2.26. The average molecular weight is 276 g/mol. The van der Waals surface area contributed by atoms with Crippen LogP contribution in [0.2, 0.25) is 0 Å². The summed E-state index contributed by atoms with van der Waals surface area (Å²) in [4.78, 5) is 0. The number of hydrogen-bond donors (Lipinski definition) is 3. The van der Waals surface area contributed by atoms with Gasteiger partial charge in [-0.1, -0.05) is 12.1 Å². The molecule has 1 unspecified atom stereocenters. The lowest BCUT2D eigenvalue weighted by Crippen LogP contribution is -2.32. The third-order valence-corrected chi connectivity index (χ3v) is 2.99. The monoisotopic (exact) mass is 276 g/mol. The molecule has 1 rings (SSSR count). The van der Waals surface area contributed by atoms with Crippen molar-refractivity contribution >= 4 is 10.0 Å². The maximum absolute atomic E-state index is 12.7. The highest BCUT2D eigenvalue weighted by atomic mass is 32.2. The molecule has 0 radical (unpaired) electrons. The summed E-state index contributed by atoms with van der Waals surface area (Å²) in [5.74, 6) is -0.351. The predicted molar refractivity (Wildman–Crippen MR) is 67.1 cm³/mol. The molecule has 1 atom stereocenters. The Hall–Kier alpha value is -1.02. The second-order valence-electron chi connectivity index (χ2n) is 3.94. The molecule has 0 aliphatic heterocycles. The van der Waals surface area contributed by atoms with Gasteiger partial charge in [0.25, 0.3) is 0 Å². The molecule has 0 aromatic heterocycles. The molecular formula is C11H17FN2O3S. The van der Waals surface area contributed by atoms with Gasteiger partial charge in [0.05, 0.1) is 12.4 Å². The second kappa shape index (κ2) is 6.79. The molecule has 0 aliphatic carbocycles. The van der Waals surface area contributed by atoms with E-state index < -0.39 is 16.1 Å². The lowest BCUT2D eigenvalue weighted by atomic mass is 10.1. The van der Waals surface area contributed by atoms with Gasteiger partial charge >= 0.3 is 0 Å². The average Bonchev–Trinajstić information content (AvgIpc) is 2.27. The van der Waals surface area contributed by atoms with Gasteiger partial charge in [0.2, 0.25) is 10.0 Å². The fourth-order valence-electron chi connectivity index (χ4n) is 1.37. The van der Waals surface area contributed by atoms with Crippen LogP contribution in [0, 0.1) is 5.82 Å². The number of aliphatic hydroxyl groups excluding tert-OH is 1. The van der Waals surface area contributed by atoms with E-state index in [1.165, 1.54) is 24.3 Å². The molecule has 7 heteroatoms. The smallest absolute Gasteiger partial charge is 0.208 e. The first kappa shape index (κ1) is 15.0. The van der Waals surface area contributed by atoms with Crippen molar-refractivity contribution in [2.45, 2.75) is 6.10 Å². The van der Waals surface area contributed by atoms with E-state index in [1.807, 2.05) is 0 Å². The molecule has 0 bridgehead atoms. The van der Waals surface area contributed by atoms with Gasteiger partial charge in [0.15, 0.2) is 0 Å². The molecular weight excluding hydrogens is 259 g/mol. The third kappa shape index (κ3) is 6.06. The minimum atomic E-state index is -3.18. The molecule has 0 fully saturated rings. The normalized spacial score (nSPS) is 13.5. The van der Waals surface area contributed by atoms with Crippen molar-refractivity contribution in [3.8, 4) is 0 Å². The number of aliphatic hydroxyl groups is 1. The summed E-state index contributed by atoms with van der Waals surface area (Å²) in [5.41, 5.74) is 0.611. The van der Waals surface area contributed by atoms with E-state index in [0.29, 0.717) is 12.1 Å². The van der Waals surface area contributed by atoms with E-state index in [9.17, 15) is 17.9 Å². The lowest BCUT2D eigenvalue weighted by molar-refractivity contribution is 0.175. The van der Waals surface area contributed by atoms with Gasteiger partial charge in [-0.15, -0.1) is 0 Å². The fraction of sp³-hybridized carbons (Fsp3) is 0.455. The minimum absolute atomic E-state index is 0.259. The molecule has 5 nitrogen and oxygen atoms in total. The number of halogens is 1. The van der Waals surface area contributed by atoms with E-state index in [0.717, 1.165) is 6.26 Å². The van der Waals surface area contributed by atoms with Gasteiger partial charge < -0.3 is 10.4 Å². The maximum atomic E-state index is 12.7. The number of hydrogen-bond acceptors (Lipinski definition) is 4. The quantitative estimate of drug-likeness (QED) is 0.612. The molecule has 102 valence electrons. The van der Waals surface area contributed by atoms with Crippen LogP contribution in [-0.4, -0.2) is 39.4 Å². The molecule has 18 heavy (non-hydrogen) atoms. The molecule has 0 amide bonds. The predicted octanol–water partition coefficient (Wildman–Crippen LogP) is -0.00210. The first-order valence-electron chi connectivity index (χ1n) is 5.47. The fourth-order valence-corrected chi connectivity index (χ4v) is 1.84. The van der Waals surface area contributed by atoms with Crippen LogP contribution < -0.4 is 10.0 Å². The molecule has 0 saturated carbocycles. The Kier molecular flexibility index (Phi) is 5.67. The topological polar surface area (TPSA) is 78.4 Å². The Morgan fingerprint density at radius 2 is 1.89 bits per heavy atom. The molecule has 1 aromatic rings. The molecule has 0 heterocycles. The Morgan fingerprint density at radius 3 is 2.44 bits per heavy atom. The maximum Gasteiger partial charge on any atom is 0.208 e. The number of sulfonamides is 1. The summed E-state index contributed by atoms with van der Waals surface area (Å²) in [6.45, 7) is 0.942. The van der Waals surface area contributed by atoms with Crippen molar-refractivity contribution in [2.24, 2.45) is 0 Å². The summed E-state index contributed by atoms with van der Waals surface area (Å²) in [7, 11) is -3.18. The minimum Gasteiger partial charge on any atom is -0.387 e. The SMILES string of the molecule is CS(=O)(=O)NCCNCC(O)c1ccc(F)cc1. The van der Waals surface area contributed by atoms with Gasteiger partial charge in [-0.3, -0.25) is 0 Å². The number of rotatable bonds is 7. The van der Waals surface area contributed by atoms with Gasteiger partial charge in [0, 0.05) is 19.6 Å². The van der Waals surface area contributed by atoms with Crippen LogP contribution in [0.15, 0.2) is 24.3 Å². The second-order valence-corrected chi connectivity index (χ2v) is 5.77. The Labute approximate surface area is 106 Å². The van der Waals surface area contributed by atoms with Crippen molar-refractivity contribution in [1.82, 2.24) is 10.0 Å². The number of benzene rings is 1. The van der Waals surface area contributed by atoms with Crippen molar-refractivity contribution in [3.63, 3.8) is 0 Å². The van der Waals surface area contributed by atoms with E-state index in [2.05, 4.69) is 10.0 Å². The zero-order valence-electron chi connectivity index (χ0n) is 10.1. The van der Waals surface area contributed by atoms with E-state index in [4.69, 9.17) is 0 Å². The van der Waals surface area contributed by atoms with E-state index in [1.54, 1.807) is 0 Å². The summed E-state index contributed by atoms with van der Waals surface area (Å²) < 4.78 is 36.5. The molecule has 0 aliphatic rings. The van der Waals surface area contributed by atoms with Crippen LogP contribution in [0.25, 0.3) is 0 Å². The molecule has 3 N–H and O–H groups in total. The first-order chi connectivity index (χ1) is 8.38. The highest BCUT2D eigenvalue weighted by molar-refractivity contribution is 7.88. The van der Waals surface area contributed by atoms with Gasteiger partial charge in [0.1, 0.15) is 5.82 Å². The van der Waals surface area contributed by atoms with Crippen LogP contribution in [0.1, 0.15) is 11.7 Å². The Bertz CT molecular complexity index is 462. The molecule has 0 saturated heterocycles. The summed E-state index contributed by atoms with van der Waals surface area (Å²) in [6, 6.07) is 5.58. The van der Waals surface area contributed by atoms with Crippen molar-refractivity contribution < 1.29 is 17.9 Å². The van der Waals surface area contributed by atoms with Crippen LogP contribution >= 0.6 is 0 Å². The molecule has 1 aromatic carbocycles. The zero-order valence-corrected chi connectivity index (χ0v) is 10.9. The highest BCUT2D eigenvalue weighted by Gasteiger charge is 2.06. The first-order valence-corrected chi connectivity index (χ1v) is 7.36. The van der Waals surface area contributed by atoms with Crippen molar-refractivity contribution in [3.05, 3.63) is 35.6 Å². The lowest BCUT2D eigenvalue weighted by Gasteiger charge is -2.12. The van der Waals surface area contributed by atoms with Crippen molar-refractivity contribution in [1.29, 1.82) is 0 Å². The van der Waals surface area contributed by atoms with Crippen LogP contribution in [-0.2, 0) is 10.0 Å². The zero-order chi connectivity index (χ0) is 13.6. The summed E-state index contributed by atoms with van der Waals surface area (Å²) >= 11 is 0. The van der Waals surface area contributed by atoms with Crippen LogP contribution in [0.5, 0.6) is 0 Å². The van der Waals surface area contributed by atoms with E-state index >= 15 is 0 Å². The van der Waals surface area contributed by atoms with Gasteiger partial charge in [-0.2, -0.15) is 0 Å². The Morgan fingerprint density at radius 1 is 1.28 bits per heavy atom. The summed E-state index contributed by atoms with van der Waals surface area (Å²) in [6.07, 6.45) is 0.337. The van der Waals surface area contributed by atoms with Crippen LogP contribution in [0.3, 0.4) is 0 Å². The largest absolute Gasteiger partial charge is 0.387 e. The van der Waals surface area contributed by atoms with Crippen LogP contribution in [0.4, 0.5) is 4.39 Å². The van der Waals surface area contributed by atoms with Crippen molar-refractivity contribution in [2.75, 3.05) is 25.9 Å². The Balaban J connectivity index is 2.25. The molecule has 0 spiro atoms. The summed E-state index contributed by atoms with van der Waals surface area (Å²) in [5, 5.41) is 12.6. The van der Waals surface area contributed by atoms with Gasteiger partial charge in [-0.05, 0) is 17.7 Å². The standard InChI is InChI=1S/C11H17FN2O3S/c1-18(16,17)14-7-6-13-8-11(15)9-2-4-10(12)5-3-9/h2-5,11,13-15H,6-8H2,1H3. The number of nitrogens with one attached hydrogen (secondary N) is 2.